The number of nitrogens with one attached hydrogen (secondary N) is 1. The second-order valence-corrected chi connectivity index (χ2v) is 9.27. The fraction of sp³-hybridized carbons (Fsp3) is 0.350. The molecule has 1 N–H and O–H groups in total. The molecule has 4 rings (SSSR count). The van der Waals surface area contributed by atoms with Crippen LogP contribution in [-0.2, 0) is 10.0 Å². The molecule has 0 aliphatic carbocycles. The molecule has 0 amide bonds. The van der Waals surface area contributed by atoms with Crippen LogP contribution < -0.4 is 5.43 Å². The minimum atomic E-state index is -3.89. The molecule has 158 valence electrons. The van der Waals surface area contributed by atoms with Crippen LogP contribution in [0.1, 0.15) is 31.7 Å². The lowest BCUT2D eigenvalue weighted by Crippen LogP contribution is -2.34. The van der Waals surface area contributed by atoms with E-state index in [9.17, 15) is 18.5 Å². The molecule has 2 aromatic heterocycles. The fourth-order valence-electron chi connectivity index (χ4n) is 3.88. The Morgan fingerprint density at radius 3 is 2.67 bits per heavy atom. The SMILES string of the molecule is CC[C@@H]1CCCN1Nc1c([N+](=O)[O-])cnc2c1ccn2S(=O)(=O)c1ccc(C)cc1. The molecular weight excluding hydrogens is 406 g/mol. The Balaban J connectivity index is 1.84. The largest absolute Gasteiger partial charge is 0.312 e. The van der Waals surface area contributed by atoms with Gasteiger partial charge in [0.15, 0.2) is 5.65 Å². The van der Waals surface area contributed by atoms with Gasteiger partial charge >= 0.3 is 5.69 Å². The van der Waals surface area contributed by atoms with Crippen LogP contribution >= 0.6 is 0 Å². The second kappa shape index (κ2) is 7.69. The zero-order chi connectivity index (χ0) is 21.5. The average molecular weight is 430 g/mol. The lowest BCUT2D eigenvalue weighted by Gasteiger charge is -2.25. The molecule has 1 aliphatic rings. The highest BCUT2D eigenvalue weighted by Gasteiger charge is 2.29. The number of nitrogens with zero attached hydrogens (tertiary/aromatic N) is 4. The first kappa shape index (κ1) is 20.3. The lowest BCUT2D eigenvalue weighted by atomic mass is 10.2. The summed E-state index contributed by atoms with van der Waals surface area (Å²) in [7, 11) is -3.89. The van der Waals surface area contributed by atoms with Gasteiger partial charge in [-0.3, -0.25) is 10.1 Å². The summed E-state index contributed by atoms with van der Waals surface area (Å²) in [6.07, 6.45) is 5.43. The van der Waals surface area contributed by atoms with Gasteiger partial charge < -0.3 is 5.43 Å². The van der Waals surface area contributed by atoms with E-state index in [0.717, 1.165) is 41.5 Å². The van der Waals surface area contributed by atoms with Crippen molar-refractivity contribution in [3.05, 3.63) is 58.4 Å². The molecular formula is C20H23N5O4S. The van der Waals surface area contributed by atoms with E-state index in [2.05, 4.69) is 17.3 Å². The first-order valence-electron chi connectivity index (χ1n) is 9.83. The smallest absolute Gasteiger partial charge is 0.312 e. The summed E-state index contributed by atoms with van der Waals surface area (Å²) < 4.78 is 27.4. The molecule has 3 aromatic rings. The van der Waals surface area contributed by atoms with E-state index >= 15 is 0 Å². The third-order valence-corrected chi connectivity index (χ3v) is 7.22. The van der Waals surface area contributed by atoms with Crippen LogP contribution in [-0.4, -0.2) is 39.9 Å². The maximum absolute atomic E-state index is 13.2. The summed E-state index contributed by atoms with van der Waals surface area (Å²) in [4.78, 5) is 15.4. The summed E-state index contributed by atoms with van der Waals surface area (Å²) in [5.74, 6) is 0. The Labute approximate surface area is 174 Å². The topological polar surface area (TPSA) is 110 Å². The first-order valence-corrected chi connectivity index (χ1v) is 11.3. The van der Waals surface area contributed by atoms with Crippen molar-refractivity contribution in [2.24, 2.45) is 0 Å². The van der Waals surface area contributed by atoms with Crippen LogP contribution in [0.5, 0.6) is 0 Å². The molecule has 1 fully saturated rings. The molecule has 1 saturated heterocycles. The van der Waals surface area contributed by atoms with E-state index in [1.165, 1.54) is 18.3 Å². The van der Waals surface area contributed by atoms with Crippen LogP contribution in [0.15, 0.2) is 47.6 Å². The quantitative estimate of drug-likeness (QED) is 0.470. The number of nitro groups is 1. The predicted octanol–water partition coefficient (Wildman–Crippen LogP) is 3.69. The first-order chi connectivity index (χ1) is 14.3. The standard InChI is InChI=1S/C20H23N5O4S/c1-3-15-5-4-11-23(15)22-19-17-10-12-24(20(17)21-13-18(19)25(26)27)30(28,29)16-8-6-14(2)7-9-16/h6-10,12-13,15H,3-5,11H2,1-2H3,(H,21,22)/t15-/m1/s1. The predicted molar refractivity (Wildman–Crippen MR) is 114 cm³/mol. The molecule has 0 radical (unpaired) electrons. The van der Waals surface area contributed by atoms with Crippen molar-refractivity contribution in [1.82, 2.24) is 14.0 Å². The Kier molecular flexibility index (Phi) is 5.20. The van der Waals surface area contributed by atoms with Crippen LogP contribution in [0.3, 0.4) is 0 Å². The van der Waals surface area contributed by atoms with Gasteiger partial charge in [0.1, 0.15) is 11.9 Å². The molecule has 30 heavy (non-hydrogen) atoms. The maximum Gasteiger partial charge on any atom is 0.312 e. The van der Waals surface area contributed by atoms with Gasteiger partial charge in [-0.25, -0.2) is 22.4 Å². The fourth-order valence-corrected chi connectivity index (χ4v) is 5.18. The number of hydrazine groups is 1. The molecule has 1 aromatic carbocycles. The van der Waals surface area contributed by atoms with Crippen LogP contribution in [0.25, 0.3) is 11.0 Å². The number of fused-ring (bicyclic) bond motifs is 1. The Morgan fingerprint density at radius 1 is 1.27 bits per heavy atom. The monoisotopic (exact) mass is 429 g/mol. The minimum absolute atomic E-state index is 0.130. The molecule has 0 bridgehead atoms. The molecule has 1 aliphatic heterocycles. The van der Waals surface area contributed by atoms with Gasteiger partial charge in [0.25, 0.3) is 10.0 Å². The summed E-state index contributed by atoms with van der Waals surface area (Å²) in [6.45, 7) is 4.72. The van der Waals surface area contributed by atoms with Crippen LogP contribution in [0.2, 0.25) is 0 Å². The van der Waals surface area contributed by atoms with Gasteiger partial charge in [0, 0.05) is 18.8 Å². The zero-order valence-electron chi connectivity index (χ0n) is 16.8. The molecule has 9 nitrogen and oxygen atoms in total. The van der Waals surface area contributed by atoms with Gasteiger partial charge in [-0.05, 0) is 44.4 Å². The number of benzene rings is 1. The highest BCUT2D eigenvalue weighted by Crippen LogP contribution is 2.35. The number of hydrogen-bond donors (Lipinski definition) is 1. The molecule has 0 unspecified atom stereocenters. The lowest BCUT2D eigenvalue weighted by molar-refractivity contribution is -0.384. The van der Waals surface area contributed by atoms with Crippen molar-refractivity contribution < 1.29 is 13.3 Å². The molecule has 3 heterocycles. The van der Waals surface area contributed by atoms with E-state index in [4.69, 9.17) is 0 Å². The van der Waals surface area contributed by atoms with Crippen molar-refractivity contribution in [2.75, 3.05) is 12.0 Å². The van der Waals surface area contributed by atoms with E-state index in [0.29, 0.717) is 5.39 Å². The van der Waals surface area contributed by atoms with Crippen LogP contribution in [0, 0.1) is 17.0 Å². The van der Waals surface area contributed by atoms with Gasteiger partial charge in [0.2, 0.25) is 0 Å². The number of hydrogen-bond acceptors (Lipinski definition) is 7. The summed E-state index contributed by atoms with van der Waals surface area (Å²) in [5, 5.41) is 14.0. The van der Waals surface area contributed by atoms with E-state index in [-0.39, 0.29) is 28.0 Å². The summed E-state index contributed by atoms with van der Waals surface area (Å²) in [6, 6.07) is 8.35. The van der Waals surface area contributed by atoms with Crippen molar-refractivity contribution in [1.29, 1.82) is 0 Å². The van der Waals surface area contributed by atoms with Crippen molar-refractivity contribution in [3.63, 3.8) is 0 Å². The third kappa shape index (κ3) is 3.41. The van der Waals surface area contributed by atoms with Gasteiger partial charge in [-0.1, -0.05) is 24.6 Å². The van der Waals surface area contributed by atoms with Crippen molar-refractivity contribution in [2.45, 2.75) is 44.0 Å². The van der Waals surface area contributed by atoms with Crippen molar-refractivity contribution in [3.8, 4) is 0 Å². The molecule has 0 spiro atoms. The number of rotatable bonds is 6. The minimum Gasteiger partial charge on any atom is -0.312 e. The Bertz CT molecular complexity index is 1200. The van der Waals surface area contributed by atoms with Gasteiger partial charge in [-0.2, -0.15) is 0 Å². The summed E-state index contributed by atoms with van der Waals surface area (Å²) >= 11 is 0. The van der Waals surface area contributed by atoms with Crippen LogP contribution in [0.4, 0.5) is 11.4 Å². The number of aryl methyl sites for hydroxylation is 1. The Hall–Kier alpha value is -2.98. The average Bonchev–Trinajstić information content (AvgIpc) is 3.35. The van der Waals surface area contributed by atoms with Gasteiger partial charge in [-0.15, -0.1) is 0 Å². The molecule has 0 saturated carbocycles. The van der Waals surface area contributed by atoms with E-state index in [1.54, 1.807) is 18.2 Å². The van der Waals surface area contributed by atoms with E-state index in [1.807, 2.05) is 11.9 Å². The highest BCUT2D eigenvalue weighted by molar-refractivity contribution is 7.90. The number of pyridine rings is 1. The molecule has 1 atom stereocenters. The highest BCUT2D eigenvalue weighted by atomic mass is 32.2. The normalized spacial score (nSPS) is 17.5. The van der Waals surface area contributed by atoms with E-state index < -0.39 is 14.9 Å². The van der Waals surface area contributed by atoms with Crippen molar-refractivity contribution >= 4 is 32.4 Å². The number of anilines is 1. The second-order valence-electron chi connectivity index (χ2n) is 7.45. The zero-order valence-corrected chi connectivity index (χ0v) is 17.6. The Morgan fingerprint density at radius 2 is 2.00 bits per heavy atom. The van der Waals surface area contributed by atoms with Gasteiger partial charge in [0.05, 0.1) is 15.2 Å². The number of aromatic nitrogens is 2. The molecule has 10 heteroatoms. The summed E-state index contributed by atoms with van der Waals surface area (Å²) in [5.41, 5.74) is 4.37. The maximum atomic E-state index is 13.2. The third-order valence-electron chi connectivity index (χ3n) is 5.54.